The third-order valence-electron chi connectivity index (χ3n) is 5.92. The number of hydrogen-bond acceptors (Lipinski definition) is 6. The van der Waals surface area contributed by atoms with E-state index in [0.717, 1.165) is 47.0 Å². The maximum Gasteiger partial charge on any atom is 0.263 e. The van der Waals surface area contributed by atoms with Gasteiger partial charge in [0, 0.05) is 13.1 Å². The van der Waals surface area contributed by atoms with Gasteiger partial charge in [-0.3, -0.25) is 9.69 Å². The molecule has 0 unspecified atom stereocenters. The van der Waals surface area contributed by atoms with Crippen LogP contribution in [0.2, 0.25) is 0 Å². The predicted octanol–water partition coefficient (Wildman–Crippen LogP) is 5.18. The Morgan fingerprint density at radius 2 is 1.79 bits per heavy atom. The van der Waals surface area contributed by atoms with Gasteiger partial charge in [-0.1, -0.05) is 49.4 Å². The number of thiazole rings is 1. The lowest BCUT2D eigenvalue weighted by Crippen LogP contribution is -2.39. The zero-order valence-electron chi connectivity index (χ0n) is 20.2. The zero-order chi connectivity index (χ0) is 24.1. The summed E-state index contributed by atoms with van der Waals surface area (Å²) in [7, 11) is 0. The average Bonchev–Trinajstić information content (AvgIpc) is 3.46. The Morgan fingerprint density at radius 3 is 2.50 bits per heavy atom. The van der Waals surface area contributed by atoms with Gasteiger partial charge in [0.1, 0.15) is 11.3 Å². The van der Waals surface area contributed by atoms with Crippen LogP contribution in [0.15, 0.2) is 54.7 Å². The number of hydrogen-bond donors (Lipinski definition) is 0. The summed E-state index contributed by atoms with van der Waals surface area (Å²) >= 11 is 1.51. The van der Waals surface area contributed by atoms with E-state index < -0.39 is 0 Å². The fraction of sp³-hybridized carbons (Fsp3) is 0.346. The molecular formula is C26H31N5O2S. The van der Waals surface area contributed by atoms with E-state index in [0.29, 0.717) is 23.8 Å². The van der Waals surface area contributed by atoms with E-state index in [4.69, 9.17) is 9.72 Å². The Kier molecular flexibility index (Phi) is 7.59. The van der Waals surface area contributed by atoms with Gasteiger partial charge in [-0.15, -0.1) is 0 Å². The van der Waals surface area contributed by atoms with Crippen molar-refractivity contribution < 1.29 is 9.53 Å². The molecule has 0 radical (unpaired) electrons. The molecule has 0 aliphatic heterocycles. The molecule has 0 N–H and O–H groups in total. The van der Waals surface area contributed by atoms with Crippen molar-refractivity contribution >= 4 is 32.6 Å². The monoisotopic (exact) mass is 477 g/mol. The van der Waals surface area contributed by atoms with Gasteiger partial charge < -0.3 is 9.64 Å². The van der Waals surface area contributed by atoms with Gasteiger partial charge in [0.25, 0.3) is 5.91 Å². The minimum atomic E-state index is -0.0937. The first kappa shape index (κ1) is 23.9. The molecule has 0 saturated heterocycles. The first-order chi connectivity index (χ1) is 16.6. The summed E-state index contributed by atoms with van der Waals surface area (Å²) in [6, 6.07) is 15.8. The van der Waals surface area contributed by atoms with Crippen molar-refractivity contribution in [3.63, 3.8) is 0 Å². The lowest BCUT2D eigenvalue weighted by atomic mass is 10.2. The predicted molar refractivity (Wildman–Crippen MR) is 139 cm³/mol. The molecule has 34 heavy (non-hydrogen) atoms. The number of ether oxygens (including phenoxy) is 1. The van der Waals surface area contributed by atoms with E-state index >= 15 is 0 Å². The van der Waals surface area contributed by atoms with Gasteiger partial charge in [-0.2, -0.15) is 5.10 Å². The van der Waals surface area contributed by atoms with Crippen LogP contribution in [0.5, 0.6) is 5.75 Å². The van der Waals surface area contributed by atoms with Crippen LogP contribution in [-0.4, -0.2) is 58.4 Å². The fourth-order valence-corrected chi connectivity index (χ4v) is 4.97. The van der Waals surface area contributed by atoms with Crippen LogP contribution in [-0.2, 0) is 0 Å². The third-order valence-corrected chi connectivity index (χ3v) is 6.97. The molecule has 0 aliphatic carbocycles. The smallest absolute Gasteiger partial charge is 0.263 e. The number of fused-ring (bicyclic) bond motifs is 1. The number of likely N-dealkylation sites (N-methyl/N-ethyl adjacent to an activating group) is 1. The van der Waals surface area contributed by atoms with Crippen LogP contribution in [0, 0.1) is 6.92 Å². The molecule has 4 rings (SSSR count). The fourth-order valence-electron chi connectivity index (χ4n) is 3.96. The summed E-state index contributed by atoms with van der Waals surface area (Å²) < 4.78 is 8.59. The number of carbonyl (C=O) groups excluding carboxylic acids is 1. The second-order valence-corrected chi connectivity index (χ2v) is 8.92. The highest BCUT2D eigenvalue weighted by Crippen LogP contribution is 2.35. The lowest BCUT2D eigenvalue weighted by molar-refractivity contribution is 0.0983. The van der Waals surface area contributed by atoms with Crippen LogP contribution in [0.3, 0.4) is 0 Å². The van der Waals surface area contributed by atoms with E-state index in [-0.39, 0.29) is 5.91 Å². The van der Waals surface area contributed by atoms with Crippen LogP contribution in [0.1, 0.15) is 36.8 Å². The van der Waals surface area contributed by atoms with Gasteiger partial charge in [0.05, 0.1) is 34.4 Å². The summed E-state index contributed by atoms with van der Waals surface area (Å²) in [5, 5.41) is 5.19. The van der Waals surface area contributed by atoms with Gasteiger partial charge in [0.15, 0.2) is 5.13 Å². The highest BCUT2D eigenvalue weighted by Gasteiger charge is 2.26. The van der Waals surface area contributed by atoms with E-state index in [1.54, 1.807) is 15.8 Å². The van der Waals surface area contributed by atoms with Crippen molar-refractivity contribution in [3.8, 4) is 11.4 Å². The molecule has 8 heteroatoms. The molecule has 1 amide bonds. The number of anilines is 1. The highest BCUT2D eigenvalue weighted by atomic mass is 32.1. The maximum absolute atomic E-state index is 13.9. The van der Waals surface area contributed by atoms with Gasteiger partial charge >= 0.3 is 0 Å². The van der Waals surface area contributed by atoms with Crippen molar-refractivity contribution in [2.75, 3.05) is 37.7 Å². The number of rotatable bonds is 10. The summed E-state index contributed by atoms with van der Waals surface area (Å²) in [6.07, 6.45) is 1.66. The molecule has 2 aromatic carbocycles. The molecular weight excluding hydrogens is 446 g/mol. The minimum absolute atomic E-state index is 0.0937. The second-order valence-electron chi connectivity index (χ2n) is 7.91. The molecule has 0 atom stereocenters. The number of aromatic nitrogens is 3. The largest absolute Gasteiger partial charge is 0.492 e. The van der Waals surface area contributed by atoms with Crippen molar-refractivity contribution in [2.45, 2.75) is 27.7 Å². The first-order valence-electron chi connectivity index (χ1n) is 11.7. The maximum atomic E-state index is 13.9. The molecule has 0 spiro atoms. The quantitative estimate of drug-likeness (QED) is 0.315. The highest BCUT2D eigenvalue weighted by molar-refractivity contribution is 7.22. The number of para-hydroxylation sites is 2. The normalized spacial score (nSPS) is 11.3. The van der Waals surface area contributed by atoms with E-state index in [9.17, 15) is 4.79 Å². The molecule has 0 fully saturated rings. The molecule has 0 bridgehead atoms. The molecule has 0 saturated carbocycles. The second kappa shape index (κ2) is 10.8. The Hall–Kier alpha value is -3.23. The zero-order valence-corrected chi connectivity index (χ0v) is 21.0. The SMILES string of the molecule is CCOc1cccc2sc(N(CCN(CC)CC)C(=O)c3cnn(-c4ccccc4)c3C)nc12. The summed E-state index contributed by atoms with van der Waals surface area (Å²) in [4.78, 5) is 22.8. The molecule has 178 valence electrons. The van der Waals surface area contributed by atoms with Crippen LogP contribution >= 0.6 is 11.3 Å². The Bertz CT molecular complexity index is 1250. The summed E-state index contributed by atoms with van der Waals surface area (Å²) in [5.41, 5.74) is 3.10. The Balaban J connectivity index is 1.72. The molecule has 4 aromatic rings. The third kappa shape index (κ3) is 4.83. The van der Waals surface area contributed by atoms with Crippen molar-refractivity contribution in [2.24, 2.45) is 0 Å². The topological polar surface area (TPSA) is 63.5 Å². The lowest BCUT2D eigenvalue weighted by Gasteiger charge is -2.24. The molecule has 0 aliphatic rings. The Labute approximate surface area is 204 Å². The first-order valence-corrected chi connectivity index (χ1v) is 12.6. The van der Waals surface area contributed by atoms with Crippen LogP contribution in [0.4, 0.5) is 5.13 Å². The molecule has 2 heterocycles. The van der Waals surface area contributed by atoms with Gasteiger partial charge in [-0.05, 0) is 51.2 Å². The molecule has 2 aromatic heterocycles. The van der Waals surface area contributed by atoms with Crippen molar-refractivity contribution in [1.82, 2.24) is 19.7 Å². The van der Waals surface area contributed by atoms with E-state index in [1.165, 1.54) is 11.3 Å². The van der Waals surface area contributed by atoms with Gasteiger partial charge in [-0.25, -0.2) is 9.67 Å². The number of benzene rings is 2. The van der Waals surface area contributed by atoms with E-state index in [1.807, 2.05) is 62.4 Å². The number of nitrogens with zero attached hydrogens (tertiary/aromatic N) is 5. The van der Waals surface area contributed by atoms with Crippen LogP contribution < -0.4 is 9.64 Å². The van der Waals surface area contributed by atoms with Crippen LogP contribution in [0.25, 0.3) is 15.9 Å². The molecule has 7 nitrogen and oxygen atoms in total. The number of amides is 1. The average molecular weight is 478 g/mol. The minimum Gasteiger partial charge on any atom is -0.492 e. The number of carbonyl (C=O) groups is 1. The summed E-state index contributed by atoms with van der Waals surface area (Å²) in [6.45, 7) is 11.9. The summed E-state index contributed by atoms with van der Waals surface area (Å²) in [5.74, 6) is 0.649. The van der Waals surface area contributed by atoms with E-state index in [2.05, 4.69) is 23.8 Å². The Morgan fingerprint density at radius 1 is 1.03 bits per heavy atom. The van der Waals surface area contributed by atoms with Crippen molar-refractivity contribution in [1.29, 1.82) is 0 Å². The van der Waals surface area contributed by atoms with Gasteiger partial charge in [0.2, 0.25) is 0 Å². The standard InChI is InChI=1S/C26H31N5O2S/c1-5-29(6-2)16-17-30(26-28-24-22(33-7-3)14-11-15-23(24)34-26)25(32)21-18-27-31(19(21)4)20-12-9-8-10-13-20/h8-15,18H,5-7,16-17H2,1-4H3. The van der Waals surface area contributed by atoms with Crippen molar-refractivity contribution in [3.05, 3.63) is 66.0 Å².